The Bertz CT molecular complexity index is 1070. The first kappa shape index (κ1) is 32.5. The summed E-state index contributed by atoms with van der Waals surface area (Å²) in [5.41, 5.74) is -2.48. The van der Waals surface area contributed by atoms with Gasteiger partial charge in [0.25, 0.3) is 0 Å². The van der Waals surface area contributed by atoms with Gasteiger partial charge in [-0.3, -0.25) is 4.79 Å². The Hall–Kier alpha value is -3.76. The van der Waals surface area contributed by atoms with Gasteiger partial charge in [0.2, 0.25) is 5.91 Å². The lowest BCUT2D eigenvalue weighted by atomic mass is 9.84. The third kappa shape index (κ3) is 9.17. The normalized spacial score (nSPS) is 19.7. The molecule has 0 aliphatic carbocycles. The van der Waals surface area contributed by atoms with Crippen LogP contribution in [0.1, 0.15) is 60.5 Å². The molecule has 1 aliphatic heterocycles. The van der Waals surface area contributed by atoms with Crippen LogP contribution in [0.2, 0.25) is 0 Å². The second-order valence-electron chi connectivity index (χ2n) is 11.8. The number of methoxy groups -OCH3 is 1. The van der Waals surface area contributed by atoms with Crippen molar-refractivity contribution in [2.24, 2.45) is 5.92 Å². The summed E-state index contributed by atoms with van der Waals surface area (Å²) in [6.45, 7) is 15.4. The highest BCUT2D eigenvalue weighted by Crippen LogP contribution is 2.33. The van der Waals surface area contributed by atoms with Gasteiger partial charge >= 0.3 is 18.2 Å². The number of alkyl carbamates (subject to hydrolysis) is 2. The monoisotopic (exact) mass is 561 g/mol. The Balaban J connectivity index is 2.32. The molecule has 3 amide bonds. The molecule has 11 nitrogen and oxygen atoms in total. The second kappa shape index (κ2) is 13.1. The molecular weight excluding hydrogens is 518 g/mol. The Morgan fingerprint density at radius 3 is 2.15 bits per heavy atom. The molecule has 1 aliphatic rings. The third-order valence-electron chi connectivity index (χ3n) is 6.06. The van der Waals surface area contributed by atoms with Gasteiger partial charge < -0.3 is 34.5 Å². The number of esters is 1. The van der Waals surface area contributed by atoms with E-state index >= 15 is 0 Å². The number of likely N-dealkylation sites (tertiary alicyclic amines) is 1. The summed E-state index contributed by atoms with van der Waals surface area (Å²) >= 11 is 0. The number of nitrogens with one attached hydrogen (secondary N) is 2. The molecule has 40 heavy (non-hydrogen) atoms. The van der Waals surface area contributed by atoms with E-state index in [1.165, 1.54) is 11.8 Å². The molecule has 2 rings (SSSR count). The van der Waals surface area contributed by atoms with Crippen molar-refractivity contribution in [3.8, 4) is 5.75 Å². The number of hydrogen-bond donors (Lipinski definition) is 2. The van der Waals surface area contributed by atoms with E-state index in [2.05, 4.69) is 17.2 Å². The summed E-state index contributed by atoms with van der Waals surface area (Å²) in [6, 6.07) is 6.05. The molecule has 1 saturated heterocycles. The van der Waals surface area contributed by atoms with Crippen LogP contribution in [0.25, 0.3) is 0 Å². The number of carbonyl (C=O) groups excluding carboxylic acids is 4. The molecule has 1 aromatic carbocycles. The molecule has 0 bridgehead atoms. The van der Waals surface area contributed by atoms with Gasteiger partial charge in [0, 0.05) is 12.5 Å². The van der Waals surface area contributed by atoms with E-state index < -0.39 is 52.8 Å². The van der Waals surface area contributed by atoms with Crippen molar-refractivity contribution in [3.05, 3.63) is 42.5 Å². The topological polar surface area (TPSA) is 133 Å². The van der Waals surface area contributed by atoms with Gasteiger partial charge in [-0.2, -0.15) is 0 Å². The Morgan fingerprint density at radius 1 is 1.05 bits per heavy atom. The first-order valence-corrected chi connectivity index (χ1v) is 13.2. The summed E-state index contributed by atoms with van der Waals surface area (Å²) in [7, 11) is 1.55. The van der Waals surface area contributed by atoms with Crippen LogP contribution in [0.15, 0.2) is 36.9 Å². The first-order valence-electron chi connectivity index (χ1n) is 13.2. The SMILES string of the molecule is C=CC[C@H]1CN(C(=O)[C@H](C)NC(=O)OC(C)(C)C)C[C@@]1(NC(=O)OC(C)(C)C)C(=O)OCc1ccc(OC)cc1. The summed E-state index contributed by atoms with van der Waals surface area (Å²) in [4.78, 5) is 53.8. The number of ether oxygens (including phenoxy) is 4. The van der Waals surface area contributed by atoms with Crippen LogP contribution >= 0.6 is 0 Å². The van der Waals surface area contributed by atoms with Crippen LogP contribution in [-0.2, 0) is 30.4 Å². The molecule has 0 unspecified atom stereocenters. The highest BCUT2D eigenvalue weighted by Gasteiger charge is 2.56. The summed E-state index contributed by atoms with van der Waals surface area (Å²) in [5.74, 6) is -1.08. The number of hydrogen-bond acceptors (Lipinski definition) is 8. The minimum absolute atomic E-state index is 0.0636. The quantitative estimate of drug-likeness (QED) is 0.263. The van der Waals surface area contributed by atoms with Crippen LogP contribution in [0, 0.1) is 5.92 Å². The molecular formula is C29H43N3O8. The maximum Gasteiger partial charge on any atom is 0.408 e. The van der Waals surface area contributed by atoms with Crippen molar-refractivity contribution in [1.29, 1.82) is 0 Å². The van der Waals surface area contributed by atoms with Crippen LogP contribution < -0.4 is 15.4 Å². The van der Waals surface area contributed by atoms with Crippen molar-refractivity contribution >= 4 is 24.1 Å². The number of benzene rings is 1. The Kier molecular flexibility index (Phi) is 10.6. The van der Waals surface area contributed by atoms with E-state index in [-0.39, 0.29) is 19.7 Å². The maximum atomic E-state index is 13.7. The van der Waals surface area contributed by atoms with Crippen molar-refractivity contribution in [2.75, 3.05) is 20.2 Å². The lowest BCUT2D eigenvalue weighted by Gasteiger charge is -2.33. The number of allylic oxidation sites excluding steroid dienone is 1. The van der Waals surface area contributed by atoms with Gasteiger partial charge in [0.1, 0.15) is 29.6 Å². The molecule has 2 N–H and O–H groups in total. The average Bonchev–Trinajstić information content (AvgIpc) is 3.18. The van der Waals surface area contributed by atoms with Gasteiger partial charge in [0.05, 0.1) is 13.7 Å². The smallest absolute Gasteiger partial charge is 0.408 e. The highest BCUT2D eigenvalue weighted by atomic mass is 16.6. The zero-order chi connectivity index (χ0) is 30.3. The van der Waals surface area contributed by atoms with Gasteiger partial charge in [-0.15, -0.1) is 6.58 Å². The standard InChI is InChI=1S/C29H43N3O8/c1-10-11-21-16-32(23(33)19(2)30-25(35)39-27(3,4)5)18-29(21,31-26(36)40-28(6,7)8)24(34)38-17-20-12-14-22(37-9)15-13-20/h10,12-15,19,21H,1,11,16-18H2,2-9H3,(H,30,35)(H,31,36)/t19-,21-,29-/m0/s1. The van der Waals surface area contributed by atoms with E-state index in [0.29, 0.717) is 17.7 Å². The van der Waals surface area contributed by atoms with Gasteiger partial charge in [-0.05, 0) is 72.6 Å². The number of nitrogens with zero attached hydrogens (tertiary/aromatic N) is 1. The molecule has 1 heterocycles. The van der Waals surface area contributed by atoms with E-state index in [1.807, 2.05) is 0 Å². The molecule has 0 radical (unpaired) electrons. The van der Waals surface area contributed by atoms with Crippen molar-refractivity contribution in [3.63, 3.8) is 0 Å². The van der Waals surface area contributed by atoms with Gasteiger partial charge in [0.15, 0.2) is 5.54 Å². The minimum atomic E-state index is -1.62. The van der Waals surface area contributed by atoms with E-state index in [0.717, 1.165) is 0 Å². The van der Waals surface area contributed by atoms with E-state index in [4.69, 9.17) is 18.9 Å². The third-order valence-corrected chi connectivity index (χ3v) is 6.06. The molecule has 11 heteroatoms. The number of amides is 3. The molecule has 3 atom stereocenters. The molecule has 222 valence electrons. The summed E-state index contributed by atoms with van der Waals surface area (Å²) in [5, 5.41) is 5.26. The molecule has 0 aromatic heterocycles. The predicted molar refractivity (Wildman–Crippen MR) is 149 cm³/mol. The summed E-state index contributed by atoms with van der Waals surface area (Å²) in [6.07, 6.45) is 0.346. The van der Waals surface area contributed by atoms with E-state index in [9.17, 15) is 19.2 Å². The fraction of sp³-hybridized carbons (Fsp3) is 0.586. The number of carbonyl (C=O) groups is 4. The minimum Gasteiger partial charge on any atom is -0.497 e. The van der Waals surface area contributed by atoms with Crippen molar-refractivity contribution in [1.82, 2.24) is 15.5 Å². The zero-order valence-corrected chi connectivity index (χ0v) is 24.8. The van der Waals surface area contributed by atoms with Crippen LogP contribution in [0.5, 0.6) is 5.75 Å². The van der Waals surface area contributed by atoms with Crippen LogP contribution in [0.4, 0.5) is 9.59 Å². The van der Waals surface area contributed by atoms with Gasteiger partial charge in [-0.1, -0.05) is 18.2 Å². The van der Waals surface area contributed by atoms with Crippen molar-refractivity contribution in [2.45, 2.75) is 84.3 Å². The van der Waals surface area contributed by atoms with Crippen LogP contribution in [-0.4, -0.2) is 71.9 Å². The lowest BCUT2D eigenvalue weighted by molar-refractivity contribution is -0.154. The van der Waals surface area contributed by atoms with Crippen molar-refractivity contribution < 1.29 is 38.1 Å². The fourth-order valence-corrected chi connectivity index (χ4v) is 4.29. The second-order valence-corrected chi connectivity index (χ2v) is 11.8. The predicted octanol–water partition coefficient (Wildman–Crippen LogP) is 3.95. The maximum absolute atomic E-state index is 13.7. The molecule has 1 aromatic rings. The van der Waals surface area contributed by atoms with Gasteiger partial charge in [-0.25, -0.2) is 14.4 Å². The van der Waals surface area contributed by atoms with Crippen LogP contribution in [0.3, 0.4) is 0 Å². The lowest BCUT2D eigenvalue weighted by Crippen LogP contribution is -2.61. The van der Waals surface area contributed by atoms with E-state index in [1.54, 1.807) is 79.0 Å². The molecule has 1 fully saturated rings. The highest BCUT2D eigenvalue weighted by molar-refractivity contribution is 5.91. The first-order chi connectivity index (χ1) is 18.5. The summed E-state index contributed by atoms with van der Waals surface area (Å²) < 4.78 is 21.6. The number of rotatable bonds is 9. The Labute approximate surface area is 236 Å². The fourth-order valence-electron chi connectivity index (χ4n) is 4.29. The largest absolute Gasteiger partial charge is 0.497 e. The average molecular weight is 562 g/mol. The zero-order valence-electron chi connectivity index (χ0n) is 24.8. The molecule has 0 spiro atoms. The molecule has 0 saturated carbocycles. The Morgan fingerprint density at radius 2 is 1.62 bits per heavy atom.